The van der Waals surface area contributed by atoms with Gasteiger partial charge in [0.05, 0.1) is 17.6 Å². The number of hydrogen-bond acceptors (Lipinski definition) is 2. The number of aryl methyl sites for hydroxylation is 1. The largest absolute Gasteiger partial charge is 0.342 e. The van der Waals surface area contributed by atoms with Crippen LogP contribution in [0, 0.1) is 6.92 Å². The predicted octanol–water partition coefficient (Wildman–Crippen LogP) is 6.44. The highest BCUT2D eigenvalue weighted by Gasteiger charge is 2.35. The molecule has 0 radical (unpaired) electrons. The number of H-pyrrole nitrogens is 1. The van der Waals surface area contributed by atoms with Gasteiger partial charge in [0, 0.05) is 13.0 Å². The third-order valence-corrected chi connectivity index (χ3v) is 6.01. The first-order chi connectivity index (χ1) is 15.0. The van der Waals surface area contributed by atoms with Gasteiger partial charge in [0.25, 0.3) is 5.92 Å². The molecule has 3 nitrogen and oxygen atoms in total. The molecule has 0 spiro atoms. The number of piperidine rings is 1. The lowest BCUT2D eigenvalue weighted by Crippen LogP contribution is -2.42. The van der Waals surface area contributed by atoms with Gasteiger partial charge in [0.2, 0.25) is 0 Å². The zero-order valence-corrected chi connectivity index (χ0v) is 17.5. The molecule has 2 heterocycles. The SMILES string of the molecule is Cc1nc2ccc(-c3ccc(-c4ccccc4CN4CCCC(F)(F)C4)cc3)cc2[nH]1. The Balaban J connectivity index is 1.40. The number of aromatic nitrogens is 2. The monoisotopic (exact) mass is 417 g/mol. The summed E-state index contributed by atoms with van der Waals surface area (Å²) in [6, 6.07) is 22.8. The Labute approximate surface area is 180 Å². The van der Waals surface area contributed by atoms with Crippen LogP contribution < -0.4 is 0 Å². The quantitative estimate of drug-likeness (QED) is 0.415. The zero-order valence-electron chi connectivity index (χ0n) is 17.5. The van der Waals surface area contributed by atoms with Gasteiger partial charge in [-0.3, -0.25) is 4.90 Å². The number of halogens is 2. The van der Waals surface area contributed by atoms with Crippen molar-refractivity contribution in [2.75, 3.05) is 13.1 Å². The molecule has 158 valence electrons. The molecule has 0 bridgehead atoms. The highest BCUT2D eigenvalue weighted by Crippen LogP contribution is 2.31. The number of alkyl halides is 2. The van der Waals surface area contributed by atoms with Crippen LogP contribution in [0.3, 0.4) is 0 Å². The molecule has 1 N–H and O–H groups in total. The summed E-state index contributed by atoms with van der Waals surface area (Å²) in [5.41, 5.74) is 7.54. The van der Waals surface area contributed by atoms with Crippen LogP contribution in [0.1, 0.15) is 24.2 Å². The Morgan fingerprint density at radius 3 is 2.52 bits per heavy atom. The summed E-state index contributed by atoms with van der Waals surface area (Å²) >= 11 is 0. The number of fused-ring (bicyclic) bond motifs is 1. The van der Waals surface area contributed by atoms with Gasteiger partial charge in [-0.15, -0.1) is 0 Å². The minimum atomic E-state index is -2.58. The van der Waals surface area contributed by atoms with E-state index in [1.807, 2.05) is 36.1 Å². The van der Waals surface area contributed by atoms with E-state index in [2.05, 4.69) is 52.4 Å². The Morgan fingerprint density at radius 1 is 0.968 bits per heavy atom. The molecule has 0 aliphatic carbocycles. The van der Waals surface area contributed by atoms with Gasteiger partial charge in [0.15, 0.2) is 0 Å². The van der Waals surface area contributed by atoms with Gasteiger partial charge >= 0.3 is 0 Å². The summed E-state index contributed by atoms with van der Waals surface area (Å²) in [5.74, 6) is -1.67. The molecule has 1 fully saturated rings. The van der Waals surface area contributed by atoms with Crippen molar-refractivity contribution in [3.05, 3.63) is 78.1 Å². The summed E-state index contributed by atoms with van der Waals surface area (Å²) in [6.07, 6.45) is 0.542. The summed E-state index contributed by atoms with van der Waals surface area (Å²) in [7, 11) is 0. The summed E-state index contributed by atoms with van der Waals surface area (Å²) < 4.78 is 27.7. The van der Waals surface area contributed by atoms with E-state index in [1.165, 1.54) is 0 Å². The van der Waals surface area contributed by atoms with Gasteiger partial charge in [-0.1, -0.05) is 54.6 Å². The topological polar surface area (TPSA) is 31.9 Å². The summed E-state index contributed by atoms with van der Waals surface area (Å²) in [6.45, 7) is 3.06. The third-order valence-electron chi connectivity index (χ3n) is 6.01. The molecule has 5 rings (SSSR count). The van der Waals surface area contributed by atoms with Crippen LogP contribution in [-0.2, 0) is 6.54 Å². The van der Waals surface area contributed by atoms with Crippen LogP contribution in [0.25, 0.3) is 33.3 Å². The van der Waals surface area contributed by atoms with E-state index in [-0.39, 0.29) is 13.0 Å². The lowest BCUT2D eigenvalue weighted by Gasteiger charge is -2.32. The molecule has 1 aliphatic heterocycles. The van der Waals surface area contributed by atoms with Crippen molar-refractivity contribution in [3.8, 4) is 22.3 Å². The van der Waals surface area contributed by atoms with Gasteiger partial charge in [-0.25, -0.2) is 13.8 Å². The fourth-order valence-electron chi connectivity index (χ4n) is 4.52. The molecule has 1 saturated heterocycles. The predicted molar refractivity (Wildman–Crippen MR) is 121 cm³/mol. The van der Waals surface area contributed by atoms with Crippen molar-refractivity contribution in [1.82, 2.24) is 14.9 Å². The maximum atomic E-state index is 13.8. The molecular formula is C26H25F2N3. The van der Waals surface area contributed by atoms with Crippen molar-refractivity contribution >= 4 is 11.0 Å². The lowest BCUT2D eigenvalue weighted by atomic mass is 9.96. The number of nitrogens with one attached hydrogen (secondary N) is 1. The minimum Gasteiger partial charge on any atom is -0.342 e. The smallest absolute Gasteiger partial charge is 0.260 e. The second kappa shape index (κ2) is 7.89. The van der Waals surface area contributed by atoms with Crippen LogP contribution >= 0.6 is 0 Å². The third kappa shape index (κ3) is 4.23. The van der Waals surface area contributed by atoms with E-state index in [9.17, 15) is 8.78 Å². The number of benzene rings is 3. The normalized spacial score (nSPS) is 16.6. The Bertz CT molecular complexity index is 1210. The number of likely N-dealkylation sites (tertiary alicyclic amines) is 1. The summed E-state index contributed by atoms with van der Waals surface area (Å²) in [4.78, 5) is 9.62. The Morgan fingerprint density at radius 2 is 1.71 bits per heavy atom. The first-order valence-corrected chi connectivity index (χ1v) is 10.7. The molecule has 5 heteroatoms. The van der Waals surface area contributed by atoms with Crippen LogP contribution in [-0.4, -0.2) is 33.9 Å². The van der Waals surface area contributed by atoms with Crippen molar-refractivity contribution < 1.29 is 8.78 Å². The standard InChI is InChI=1S/C26H25F2N3/c1-18-29-24-12-11-21(15-25(24)30-18)19-7-9-20(10-8-19)23-6-3-2-5-22(23)16-31-14-4-13-26(27,28)17-31/h2-3,5-12,15H,4,13-14,16-17H2,1H3,(H,29,30). The average Bonchev–Trinajstić information content (AvgIpc) is 3.13. The van der Waals surface area contributed by atoms with Crippen molar-refractivity contribution in [3.63, 3.8) is 0 Å². The van der Waals surface area contributed by atoms with E-state index in [1.54, 1.807) is 0 Å². The van der Waals surface area contributed by atoms with Crippen molar-refractivity contribution in [2.45, 2.75) is 32.2 Å². The van der Waals surface area contributed by atoms with Crippen molar-refractivity contribution in [1.29, 1.82) is 0 Å². The van der Waals surface area contributed by atoms with E-state index in [0.717, 1.165) is 51.2 Å². The van der Waals surface area contributed by atoms with E-state index < -0.39 is 5.92 Å². The van der Waals surface area contributed by atoms with E-state index in [4.69, 9.17) is 0 Å². The fourth-order valence-corrected chi connectivity index (χ4v) is 4.52. The number of nitrogens with zero attached hydrogens (tertiary/aromatic N) is 2. The fraction of sp³-hybridized carbons (Fsp3) is 0.269. The van der Waals surface area contributed by atoms with Gasteiger partial charge in [-0.2, -0.15) is 0 Å². The molecule has 3 aromatic carbocycles. The van der Waals surface area contributed by atoms with E-state index >= 15 is 0 Å². The number of imidazole rings is 1. The highest BCUT2D eigenvalue weighted by molar-refractivity contribution is 5.82. The summed E-state index contributed by atoms with van der Waals surface area (Å²) in [5, 5.41) is 0. The molecule has 31 heavy (non-hydrogen) atoms. The van der Waals surface area contributed by atoms with Crippen molar-refractivity contribution in [2.24, 2.45) is 0 Å². The number of hydrogen-bond donors (Lipinski definition) is 1. The van der Waals surface area contributed by atoms with Gasteiger partial charge < -0.3 is 4.98 Å². The maximum Gasteiger partial charge on any atom is 0.260 e. The van der Waals surface area contributed by atoms with Crippen LogP contribution in [0.4, 0.5) is 8.78 Å². The maximum absolute atomic E-state index is 13.8. The second-order valence-corrected chi connectivity index (χ2v) is 8.46. The lowest BCUT2D eigenvalue weighted by molar-refractivity contribution is -0.0660. The molecule has 0 saturated carbocycles. The van der Waals surface area contributed by atoms with Crippen LogP contribution in [0.5, 0.6) is 0 Å². The first-order valence-electron chi connectivity index (χ1n) is 10.7. The van der Waals surface area contributed by atoms with Crippen LogP contribution in [0.15, 0.2) is 66.7 Å². The number of aromatic amines is 1. The molecule has 0 unspecified atom stereocenters. The molecule has 1 aliphatic rings. The molecule has 0 atom stereocenters. The molecule has 4 aromatic rings. The Hall–Kier alpha value is -3.05. The minimum absolute atomic E-state index is 0.00346. The second-order valence-electron chi connectivity index (χ2n) is 8.46. The zero-order chi connectivity index (χ0) is 21.4. The van der Waals surface area contributed by atoms with Crippen LogP contribution in [0.2, 0.25) is 0 Å². The Kier molecular flexibility index (Phi) is 5.06. The van der Waals surface area contributed by atoms with E-state index in [0.29, 0.717) is 13.0 Å². The first kappa shape index (κ1) is 19.9. The van der Waals surface area contributed by atoms with Gasteiger partial charge in [0.1, 0.15) is 5.82 Å². The number of rotatable bonds is 4. The molecule has 0 amide bonds. The molecular weight excluding hydrogens is 392 g/mol. The highest BCUT2D eigenvalue weighted by atomic mass is 19.3. The average molecular weight is 418 g/mol. The molecule has 1 aromatic heterocycles. The van der Waals surface area contributed by atoms with Gasteiger partial charge in [-0.05, 0) is 59.8 Å².